The molecule has 0 bridgehead atoms. The fraction of sp³-hybridized carbons (Fsp3) is 1.00. The second kappa shape index (κ2) is 17.6. The van der Waals surface area contributed by atoms with Crippen LogP contribution in [0.15, 0.2) is 0 Å². The van der Waals surface area contributed by atoms with Gasteiger partial charge in [-0.25, -0.2) is 0 Å². The number of rotatable bonds is 17. The van der Waals surface area contributed by atoms with E-state index in [2.05, 4.69) is 0 Å². The molecule has 0 spiro atoms. The zero-order valence-electron chi connectivity index (χ0n) is 14.9. The van der Waals surface area contributed by atoms with Gasteiger partial charge < -0.3 is 18.9 Å². The Bertz CT molecular complexity index is 186. The third-order valence-electron chi connectivity index (χ3n) is 3.00. The molecule has 0 saturated carbocycles. The van der Waals surface area contributed by atoms with Gasteiger partial charge in [0.25, 0.3) is 0 Å². The molecule has 0 fully saturated rings. The summed E-state index contributed by atoms with van der Waals surface area (Å²) >= 11 is 0. The maximum absolute atomic E-state index is 5.56. The average Bonchev–Trinajstić information content (AvgIpc) is 2.50. The largest absolute Gasteiger partial charge is 0.353 e. The van der Waals surface area contributed by atoms with Gasteiger partial charge >= 0.3 is 0 Å². The van der Waals surface area contributed by atoms with Crippen molar-refractivity contribution in [3.8, 4) is 0 Å². The topological polar surface area (TPSA) is 36.9 Å². The van der Waals surface area contributed by atoms with Gasteiger partial charge in [0.1, 0.15) is 0 Å². The summed E-state index contributed by atoms with van der Waals surface area (Å²) in [5.74, 6) is 0. The highest BCUT2D eigenvalue weighted by molar-refractivity contribution is 6.42. The SMILES string of the molecule is CCOC(CC[Si]CC[Si]CCC(OCC)OCC)OCC. The van der Waals surface area contributed by atoms with Gasteiger partial charge in [-0.1, -0.05) is 24.2 Å². The third kappa shape index (κ3) is 13.9. The fourth-order valence-corrected chi connectivity index (χ4v) is 4.83. The van der Waals surface area contributed by atoms with Crippen LogP contribution in [0.2, 0.25) is 24.2 Å². The van der Waals surface area contributed by atoms with Crippen LogP contribution in [-0.2, 0) is 18.9 Å². The van der Waals surface area contributed by atoms with E-state index in [1.54, 1.807) is 0 Å². The van der Waals surface area contributed by atoms with Crippen LogP contribution < -0.4 is 0 Å². The van der Waals surface area contributed by atoms with Gasteiger partial charge in [-0.3, -0.25) is 0 Å². The van der Waals surface area contributed by atoms with Crippen LogP contribution in [0.1, 0.15) is 40.5 Å². The summed E-state index contributed by atoms with van der Waals surface area (Å²) in [6.07, 6.45) is 2.06. The van der Waals surface area contributed by atoms with Crippen molar-refractivity contribution in [3.63, 3.8) is 0 Å². The van der Waals surface area contributed by atoms with Crippen LogP contribution in [0.5, 0.6) is 0 Å². The lowest BCUT2D eigenvalue weighted by molar-refractivity contribution is -0.137. The molecular weight excluding hydrogens is 312 g/mol. The molecule has 0 heterocycles. The normalized spacial score (nSPS) is 11.7. The molecule has 4 radical (unpaired) electrons. The molecule has 130 valence electrons. The van der Waals surface area contributed by atoms with Crippen LogP contribution in [0.3, 0.4) is 0 Å². The Kier molecular flexibility index (Phi) is 17.8. The number of ether oxygens (including phenoxy) is 4. The van der Waals surface area contributed by atoms with Crippen molar-refractivity contribution in [2.24, 2.45) is 0 Å². The first kappa shape index (κ1) is 22.3. The van der Waals surface area contributed by atoms with Gasteiger partial charge in [0.05, 0.1) is 0 Å². The molecule has 0 N–H and O–H groups in total. The van der Waals surface area contributed by atoms with E-state index in [0.29, 0.717) is 0 Å². The summed E-state index contributed by atoms with van der Waals surface area (Å²) in [6, 6.07) is 5.10. The predicted octanol–water partition coefficient (Wildman–Crippen LogP) is 3.65. The molecule has 0 aliphatic heterocycles. The molecule has 0 saturated heterocycles. The zero-order chi connectivity index (χ0) is 16.5. The lowest BCUT2D eigenvalue weighted by Crippen LogP contribution is -2.18. The molecule has 0 aliphatic carbocycles. The Hall–Kier alpha value is 0.274. The van der Waals surface area contributed by atoms with E-state index in [1.807, 2.05) is 27.7 Å². The maximum atomic E-state index is 5.56. The molecule has 0 aromatic heterocycles. The highest BCUT2D eigenvalue weighted by atomic mass is 28.2. The van der Waals surface area contributed by atoms with E-state index in [1.165, 1.54) is 24.2 Å². The molecule has 0 unspecified atom stereocenters. The van der Waals surface area contributed by atoms with Gasteiger partial charge in [-0.05, 0) is 40.5 Å². The number of hydrogen-bond acceptors (Lipinski definition) is 4. The lowest BCUT2D eigenvalue weighted by atomic mass is 10.4. The highest BCUT2D eigenvalue weighted by Gasteiger charge is 2.08. The molecule has 0 aliphatic rings. The summed E-state index contributed by atoms with van der Waals surface area (Å²) in [5.41, 5.74) is 0. The van der Waals surface area contributed by atoms with Crippen LogP contribution in [0, 0.1) is 0 Å². The molecule has 0 atom stereocenters. The molecule has 6 heteroatoms. The van der Waals surface area contributed by atoms with E-state index in [0.717, 1.165) is 58.3 Å². The third-order valence-corrected chi connectivity index (χ3v) is 5.99. The van der Waals surface area contributed by atoms with E-state index >= 15 is 0 Å². The number of hydrogen-bond donors (Lipinski definition) is 0. The van der Waals surface area contributed by atoms with Gasteiger partial charge in [0.2, 0.25) is 0 Å². The molecule has 0 amide bonds. The minimum atomic E-state index is 0.00286. The molecule has 0 aromatic rings. The van der Waals surface area contributed by atoms with Crippen LogP contribution in [0.4, 0.5) is 0 Å². The summed E-state index contributed by atoms with van der Waals surface area (Å²) < 4.78 is 22.2. The Morgan fingerprint density at radius 2 is 0.864 bits per heavy atom. The Balaban J connectivity index is 3.44. The van der Waals surface area contributed by atoms with Crippen LogP contribution in [-0.4, -0.2) is 58.0 Å². The molecule has 22 heavy (non-hydrogen) atoms. The second-order valence-corrected chi connectivity index (χ2v) is 7.76. The highest BCUT2D eigenvalue weighted by Crippen LogP contribution is 2.09. The van der Waals surface area contributed by atoms with Crippen molar-refractivity contribution < 1.29 is 18.9 Å². The van der Waals surface area contributed by atoms with Crippen LogP contribution >= 0.6 is 0 Å². The monoisotopic (exact) mass is 346 g/mol. The van der Waals surface area contributed by atoms with Crippen LogP contribution in [0.25, 0.3) is 0 Å². The summed E-state index contributed by atoms with van der Waals surface area (Å²) in [7, 11) is 2.05. The Morgan fingerprint density at radius 3 is 1.14 bits per heavy atom. The van der Waals surface area contributed by atoms with Crippen molar-refractivity contribution in [3.05, 3.63) is 0 Å². The predicted molar refractivity (Wildman–Crippen MR) is 94.1 cm³/mol. The minimum Gasteiger partial charge on any atom is -0.353 e. The molecule has 0 rings (SSSR count). The molecular formula is C16H34O4Si2. The quantitative estimate of drug-likeness (QED) is 0.229. The first-order valence-corrected chi connectivity index (χ1v) is 11.5. The van der Waals surface area contributed by atoms with Gasteiger partial charge in [0, 0.05) is 45.5 Å². The standard InChI is InChI=1S/C16H34O4Si2/c1-5-17-15(18-6-2)9-11-21-13-14-22-12-10-16(19-7-3)20-8-4/h15-16H,5-14H2,1-4H3. The Labute approximate surface area is 142 Å². The minimum absolute atomic E-state index is 0.00286. The first-order chi connectivity index (χ1) is 10.8. The van der Waals surface area contributed by atoms with Gasteiger partial charge in [-0.15, -0.1) is 0 Å². The zero-order valence-corrected chi connectivity index (χ0v) is 16.9. The van der Waals surface area contributed by atoms with Crippen molar-refractivity contribution in [1.82, 2.24) is 0 Å². The average molecular weight is 347 g/mol. The van der Waals surface area contributed by atoms with E-state index < -0.39 is 0 Å². The molecule has 4 nitrogen and oxygen atoms in total. The lowest BCUT2D eigenvalue weighted by Gasteiger charge is -2.16. The van der Waals surface area contributed by atoms with Crippen molar-refractivity contribution in [2.75, 3.05) is 26.4 Å². The van der Waals surface area contributed by atoms with E-state index in [-0.39, 0.29) is 12.6 Å². The first-order valence-electron chi connectivity index (χ1n) is 8.66. The van der Waals surface area contributed by atoms with Gasteiger partial charge in [0.15, 0.2) is 12.6 Å². The summed E-state index contributed by atoms with van der Waals surface area (Å²) in [6.45, 7) is 11.0. The van der Waals surface area contributed by atoms with Crippen molar-refractivity contribution >= 4 is 19.0 Å². The summed E-state index contributed by atoms with van der Waals surface area (Å²) in [5, 5.41) is 0. The maximum Gasteiger partial charge on any atom is 0.157 e. The Morgan fingerprint density at radius 1 is 0.545 bits per heavy atom. The van der Waals surface area contributed by atoms with Crippen molar-refractivity contribution in [1.29, 1.82) is 0 Å². The fourth-order valence-electron chi connectivity index (χ4n) is 2.04. The van der Waals surface area contributed by atoms with Crippen molar-refractivity contribution in [2.45, 2.75) is 77.3 Å². The van der Waals surface area contributed by atoms with Gasteiger partial charge in [-0.2, -0.15) is 0 Å². The van der Waals surface area contributed by atoms with E-state index in [9.17, 15) is 0 Å². The smallest absolute Gasteiger partial charge is 0.157 e. The second-order valence-electron chi connectivity index (χ2n) is 4.76. The van der Waals surface area contributed by atoms with E-state index in [4.69, 9.17) is 18.9 Å². The summed E-state index contributed by atoms with van der Waals surface area (Å²) in [4.78, 5) is 0. The molecule has 0 aromatic carbocycles.